The molecule has 4 heterocycles. The molecule has 1 amide bonds. The van der Waals surface area contributed by atoms with E-state index < -0.39 is 0 Å². The molecular formula is C21H23N3O3S. The zero-order valence-electron chi connectivity index (χ0n) is 15.9. The molecule has 0 fully saturated rings. The van der Waals surface area contributed by atoms with Gasteiger partial charge in [-0.1, -0.05) is 6.42 Å². The number of hydrogen-bond acceptors (Lipinski definition) is 5. The molecule has 5 rings (SSSR count). The van der Waals surface area contributed by atoms with E-state index in [9.17, 15) is 9.59 Å². The van der Waals surface area contributed by atoms with Gasteiger partial charge in [0, 0.05) is 24.9 Å². The molecule has 2 aliphatic rings. The van der Waals surface area contributed by atoms with E-state index in [-0.39, 0.29) is 17.5 Å². The monoisotopic (exact) mass is 397 g/mol. The SMILES string of the molecule is Cc1c(C(=O)NC2CCCc3occc32)sc2nc3n(c(=O)c12)CCCCC3. The minimum absolute atomic E-state index is 0.00415. The minimum Gasteiger partial charge on any atom is -0.469 e. The topological polar surface area (TPSA) is 77.1 Å². The zero-order valence-corrected chi connectivity index (χ0v) is 16.7. The van der Waals surface area contributed by atoms with Gasteiger partial charge in [-0.05, 0) is 44.2 Å². The number of aryl methyl sites for hydroxylation is 3. The van der Waals surface area contributed by atoms with Crippen molar-refractivity contribution < 1.29 is 9.21 Å². The fraction of sp³-hybridized carbons (Fsp3) is 0.476. The van der Waals surface area contributed by atoms with Gasteiger partial charge in [0.15, 0.2) is 0 Å². The predicted molar refractivity (Wildman–Crippen MR) is 108 cm³/mol. The molecule has 3 aromatic rings. The fourth-order valence-electron chi connectivity index (χ4n) is 4.49. The van der Waals surface area contributed by atoms with Crippen LogP contribution in [0.2, 0.25) is 0 Å². The lowest BCUT2D eigenvalue weighted by Crippen LogP contribution is -2.30. The number of aromatic nitrogens is 2. The van der Waals surface area contributed by atoms with Crippen LogP contribution in [0.3, 0.4) is 0 Å². The van der Waals surface area contributed by atoms with Crippen LogP contribution in [0.1, 0.15) is 70.5 Å². The predicted octanol–water partition coefficient (Wildman–Crippen LogP) is 3.89. The average molecular weight is 398 g/mol. The fourth-order valence-corrected chi connectivity index (χ4v) is 5.58. The second kappa shape index (κ2) is 6.88. The Morgan fingerprint density at radius 1 is 1.29 bits per heavy atom. The summed E-state index contributed by atoms with van der Waals surface area (Å²) in [7, 11) is 0. The largest absolute Gasteiger partial charge is 0.469 e. The van der Waals surface area contributed by atoms with Gasteiger partial charge in [-0.3, -0.25) is 14.2 Å². The molecule has 0 saturated carbocycles. The highest BCUT2D eigenvalue weighted by Gasteiger charge is 2.27. The maximum absolute atomic E-state index is 13.1. The summed E-state index contributed by atoms with van der Waals surface area (Å²) >= 11 is 1.34. The van der Waals surface area contributed by atoms with Gasteiger partial charge >= 0.3 is 0 Å². The van der Waals surface area contributed by atoms with Gasteiger partial charge in [0.25, 0.3) is 11.5 Å². The number of nitrogens with zero attached hydrogens (tertiary/aromatic N) is 2. The van der Waals surface area contributed by atoms with Crippen LogP contribution >= 0.6 is 11.3 Å². The third kappa shape index (κ3) is 2.80. The molecule has 0 saturated heterocycles. The Balaban J connectivity index is 1.52. The third-order valence-electron chi connectivity index (χ3n) is 5.97. The Hall–Kier alpha value is -2.41. The van der Waals surface area contributed by atoms with E-state index in [1.807, 2.05) is 17.6 Å². The van der Waals surface area contributed by atoms with Gasteiger partial charge in [0.2, 0.25) is 0 Å². The summed E-state index contributed by atoms with van der Waals surface area (Å²) in [5.74, 6) is 1.70. The Bertz CT molecular complexity index is 1120. The first-order valence-electron chi connectivity index (χ1n) is 10.0. The molecule has 7 heteroatoms. The van der Waals surface area contributed by atoms with Crippen molar-refractivity contribution in [2.24, 2.45) is 0 Å². The van der Waals surface area contributed by atoms with Crippen LogP contribution in [0.25, 0.3) is 10.2 Å². The number of thiophene rings is 1. The molecule has 0 radical (unpaired) electrons. The molecule has 28 heavy (non-hydrogen) atoms. The number of furan rings is 1. The smallest absolute Gasteiger partial charge is 0.262 e. The number of hydrogen-bond donors (Lipinski definition) is 1. The summed E-state index contributed by atoms with van der Waals surface area (Å²) in [6.07, 6.45) is 8.52. The molecule has 6 nitrogen and oxygen atoms in total. The molecule has 1 N–H and O–H groups in total. The van der Waals surface area contributed by atoms with Crippen LogP contribution in [-0.4, -0.2) is 15.5 Å². The molecule has 0 aromatic carbocycles. The second-order valence-corrected chi connectivity index (χ2v) is 8.75. The number of carbonyl (C=O) groups excluding carboxylic acids is 1. The van der Waals surface area contributed by atoms with Crippen molar-refractivity contribution in [2.45, 2.75) is 64.5 Å². The summed E-state index contributed by atoms with van der Waals surface area (Å²) in [6.45, 7) is 2.59. The van der Waals surface area contributed by atoms with Crippen LogP contribution in [0.5, 0.6) is 0 Å². The van der Waals surface area contributed by atoms with Crippen LogP contribution in [0.4, 0.5) is 0 Å². The maximum atomic E-state index is 13.1. The summed E-state index contributed by atoms with van der Waals surface area (Å²) in [4.78, 5) is 32.2. The summed E-state index contributed by atoms with van der Waals surface area (Å²) in [5, 5.41) is 3.76. The van der Waals surface area contributed by atoms with Crippen molar-refractivity contribution >= 4 is 27.5 Å². The van der Waals surface area contributed by atoms with Crippen molar-refractivity contribution in [2.75, 3.05) is 0 Å². The normalized spacial score (nSPS) is 19.1. The summed E-state index contributed by atoms with van der Waals surface area (Å²) in [6, 6.07) is 1.91. The average Bonchev–Trinajstić information content (AvgIpc) is 3.21. The molecule has 1 unspecified atom stereocenters. The van der Waals surface area contributed by atoms with E-state index in [1.165, 1.54) is 11.3 Å². The quantitative estimate of drug-likeness (QED) is 0.712. The number of nitrogens with one attached hydrogen (secondary N) is 1. The molecule has 1 atom stereocenters. The van der Waals surface area contributed by atoms with Crippen LogP contribution in [0.15, 0.2) is 21.5 Å². The van der Waals surface area contributed by atoms with Gasteiger partial charge in [-0.2, -0.15) is 0 Å². The third-order valence-corrected chi connectivity index (χ3v) is 7.16. The van der Waals surface area contributed by atoms with Crippen LogP contribution in [0, 0.1) is 6.92 Å². The molecule has 1 aliphatic heterocycles. The number of fused-ring (bicyclic) bond motifs is 3. The molecule has 0 bridgehead atoms. The lowest BCUT2D eigenvalue weighted by molar-refractivity contribution is 0.0936. The highest BCUT2D eigenvalue weighted by atomic mass is 32.1. The van der Waals surface area contributed by atoms with Crippen molar-refractivity contribution in [1.82, 2.24) is 14.9 Å². The Labute approximate surface area is 166 Å². The summed E-state index contributed by atoms with van der Waals surface area (Å²) in [5.41, 5.74) is 1.82. The second-order valence-electron chi connectivity index (χ2n) is 7.75. The van der Waals surface area contributed by atoms with E-state index in [1.54, 1.807) is 6.26 Å². The number of rotatable bonds is 2. The molecule has 1 aliphatic carbocycles. The lowest BCUT2D eigenvalue weighted by Gasteiger charge is -2.22. The lowest BCUT2D eigenvalue weighted by atomic mass is 9.93. The standard InChI is InChI=1S/C21H23N3O3S/c1-12-17-20(23-16-8-3-2-4-10-24(16)21(17)26)28-18(12)19(25)22-14-6-5-7-15-13(14)9-11-27-15/h9,11,14H,2-8,10H2,1H3,(H,22,25). The van der Waals surface area contributed by atoms with E-state index in [2.05, 4.69) is 5.32 Å². The Morgan fingerprint density at radius 2 is 2.18 bits per heavy atom. The zero-order chi connectivity index (χ0) is 19.3. The first-order valence-corrected chi connectivity index (χ1v) is 10.8. The van der Waals surface area contributed by atoms with Crippen molar-refractivity contribution in [3.05, 3.63) is 50.3 Å². The number of amides is 1. The van der Waals surface area contributed by atoms with Crippen molar-refractivity contribution in [3.63, 3.8) is 0 Å². The van der Waals surface area contributed by atoms with E-state index >= 15 is 0 Å². The molecule has 0 spiro atoms. The highest BCUT2D eigenvalue weighted by Crippen LogP contribution is 2.33. The van der Waals surface area contributed by atoms with Gasteiger partial charge in [0.1, 0.15) is 16.4 Å². The molecule has 146 valence electrons. The van der Waals surface area contributed by atoms with Gasteiger partial charge in [-0.25, -0.2) is 4.98 Å². The molecular weight excluding hydrogens is 374 g/mol. The van der Waals surface area contributed by atoms with Crippen LogP contribution in [-0.2, 0) is 19.4 Å². The first kappa shape index (κ1) is 17.7. The maximum Gasteiger partial charge on any atom is 0.262 e. The Kier molecular flexibility index (Phi) is 4.34. The van der Waals surface area contributed by atoms with E-state index in [0.29, 0.717) is 15.1 Å². The van der Waals surface area contributed by atoms with Gasteiger partial charge in [0.05, 0.1) is 22.6 Å². The van der Waals surface area contributed by atoms with Gasteiger partial charge < -0.3 is 9.73 Å². The highest BCUT2D eigenvalue weighted by molar-refractivity contribution is 7.20. The Morgan fingerprint density at radius 3 is 3.07 bits per heavy atom. The number of carbonyl (C=O) groups is 1. The minimum atomic E-state index is -0.126. The van der Waals surface area contributed by atoms with Crippen molar-refractivity contribution in [1.29, 1.82) is 0 Å². The summed E-state index contributed by atoms with van der Waals surface area (Å²) < 4.78 is 7.34. The molecule has 3 aromatic heterocycles. The van der Waals surface area contributed by atoms with Crippen molar-refractivity contribution in [3.8, 4) is 0 Å². The van der Waals surface area contributed by atoms with E-state index in [4.69, 9.17) is 9.40 Å². The first-order chi connectivity index (χ1) is 13.6. The van der Waals surface area contributed by atoms with E-state index in [0.717, 1.165) is 74.2 Å². The van der Waals surface area contributed by atoms with Gasteiger partial charge in [-0.15, -0.1) is 11.3 Å². The van der Waals surface area contributed by atoms with Crippen LogP contribution < -0.4 is 10.9 Å².